The number of fused-ring (bicyclic) bond motifs is 2. The first-order chi connectivity index (χ1) is 20.6. The molecule has 0 amide bonds. The lowest BCUT2D eigenvalue weighted by Crippen LogP contribution is -2.22. The van der Waals surface area contributed by atoms with Crippen LogP contribution in [0.1, 0.15) is 17.3 Å². The molecule has 3 heterocycles. The van der Waals surface area contributed by atoms with Gasteiger partial charge in [0.1, 0.15) is 24.0 Å². The molecule has 0 aliphatic rings. The van der Waals surface area contributed by atoms with Crippen molar-refractivity contribution in [1.29, 1.82) is 0 Å². The number of anilines is 1. The Morgan fingerprint density at radius 2 is 1.80 bits per heavy atom. The lowest BCUT2D eigenvalue weighted by atomic mass is 9.94. The van der Waals surface area contributed by atoms with Gasteiger partial charge in [0.05, 0.1) is 33.9 Å². The predicted octanol–water partition coefficient (Wildman–Crippen LogP) is 6.45. The Bertz CT molecular complexity index is 1950. The number of rotatable bonds is 11. The van der Waals surface area contributed by atoms with Crippen molar-refractivity contribution in [3.8, 4) is 11.1 Å². The number of benzene rings is 2. The molecule has 3 N–H and O–H groups in total. The highest BCUT2D eigenvalue weighted by Gasteiger charge is 2.24. The molecule has 1 unspecified atom stereocenters. The van der Waals surface area contributed by atoms with Crippen molar-refractivity contribution in [2.45, 2.75) is 44.9 Å². The Balaban J connectivity index is 1.65. The molecule has 0 saturated carbocycles. The van der Waals surface area contributed by atoms with Gasteiger partial charge in [0.15, 0.2) is 5.82 Å². The second kappa shape index (κ2) is 12.2. The molecule has 5 aromatic rings. The lowest BCUT2D eigenvalue weighted by molar-refractivity contribution is 0.0898. The van der Waals surface area contributed by atoms with Gasteiger partial charge in [0.2, 0.25) is 10.0 Å². The number of hydrogen-bond donors (Lipinski definition) is 2. The fourth-order valence-electron chi connectivity index (χ4n) is 5.19. The van der Waals surface area contributed by atoms with Gasteiger partial charge in [-0.3, -0.25) is 9.40 Å². The Kier molecular flexibility index (Phi) is 8.89. The summed E-state index contributed by atoms with van der Waals surface area (Å²) in [4.78, 5) is 5.01. The van der Waals surface area contributed by atoms with Gasteiger partial charge in [-0.15, -0.1) is 0 Å². The Hall–Kier alpha value is -3.36. The van der Waals surface area contributed by atoms with Crippen LogP contribution in [0.25, 0.3) is 33.1 Å². The zero-order chi connectivity index (χ0) is 32.0. The number of nitrogens with one attached hydrogen (secondary N) is 1. The van der Waals surface area contributed by atoms with E-state index in [1.54, 1.807) is 23.9 Å². The number of pyridine rings is 1. The number of aromatic nitrogens is 4. The predicted molar refractivity (Wildman–Crippen MR) is 174 cm³/mol. The summed E-state index contributed by atoms with van der Waals surface area (Å²) >= 11 is 6.58. The summed E-state index contributed by atoms with van der Waals surface area (Å²) in [5, 5.41) is 5.94. The maximum Gasteiger partial charge on any atom is 0.231 e. The SMILES string of the molecule is Cn1nc(NS(C)(=O)=O)c2c(Cl)ccc(-c3cc4ccn(COCC[Si](C)(C)C)c4nc3C(N)Cc3cc(F)cc(F)c3)c21. The normalized spacial score (nSPS) is 13.2. The molecule has 234 valence electrons. The van der Waals surface area contributed by atoms with Crippen LogP contribution in [0.15, 0.2) is 48.7 Å². The molecule has 14 heteroatoms. The summed E-state index contributed by atoms with van der Waals surface area (Å²) in [7, 11) is -3.23. The second-order valence-electron chi connectivity index (χ2n) is 12.2. The van der Waals surface area contributed by atoms with Crippen LogP contribution in [0.2, 0.25) is 30.7 Å². The molecule has 3 aromatic heterocycles. The summed E-state index contributed by atoms with van der Waals surface area (Å²) in [5.41, 5.74) is 10.1. The average molecular weight is 661 g/mol. The van der Waals surface area contributed by atoms with Crippen LogP contribution in [-0.4, -0.2) is 48.7 Å². The first-order valence-electron chi connectivity index (χ1n) is 14.0. The summed E-state index contributed by atoms with van der Waals surface area (Å²) in [6, 6.07) is 10.9. The van der Waals surface area contributed by atoms with E-state index in [-0.39, 0.29) is 12.2 Å². The molecule has 44 heavy (non-hydrogen) atoms. The van der Waals surface area contributed by atoms with Gasteiger partial charge < -0.3 is 15.0 Å². The Labute approximate surface area is 261 Å². The maximum absolute atomic E-state index is 14.1. The Morgan fingerprint density at radius 1 is 1.09 bits per heavy atom. The second-order valence-corrected chi connectivity index (χ2v) is 20.0. The molecule has 0 saturated heterocycles. The summed E-state index contributed by atoms with van der Waals surface area (Å²) in [6.45, 7) is 7.81. The van der Waals surface area contributed by atoms with Crippen molar-refractivity contribution in [3.63, 3.8) is 0 Å². The first kappa shape index (κ1) is 32.0. The van der Waals surface area contributed by atoms with Gasteiger partial charge in [-0.25, -0.2) is 22.2 Å². The average Bonchev–Trinajstić information content (AvgIpc) is 3.44. The number of hydrogen-bond acceptors (Lipinski definition) is 6. The third-order valence-electron chi connectivity index (χ3n) is 7.23. The summed E-state index contributed by atoms with van der Waals surface area (Å²) in [5.74, 6) is -1.30. The molecule has 0 bridgehead atoms. The van der Waals surface area contributed by atoms with E-state index in [1.165, 1.54) is 12.1 Å². The van der Waals surface area contributed by atoms with Crippen LogP contribution in [0, 0.1) is 11.6 Å². The molecular weight excluding hydrogens is 626 g/mol. The lowest BCUT2D eigenvalue weighted by Gasteiger charge is -2.19. The minimum Gasteiger partial charge on any atom is -0.361 e. The van der Waals surface area contributed by atoms with Gasteiger partial charge in [0.25, 0.3) is 0 Å². The van der Waals surface area contributed by atoms with Crippen molar-refractivity contribution in [1.82, 2.24) is 19.3 Å². The topological polar surface area (TPSA) is 117 Å². The molecule has 0 spiro atoms. The van der Waals surface area contributed by atoms with Gasteiger partial charge in [-0.05, 0) is 48.4 Å². The highest BCUT2D eigenvalue weighted by molar-refractivity contribution is 7.92. The molecule has 0 aliphatic heterocycles. The van der Waals surface area contributed by atoms with Crippen molar-refractivity contribution in [2.75, 3.05) is 17.6 Å². The number of halogens is 3. The molecule has 0 fully saturated rings. The van der Waals surface area contributed by atoms with E-state index in [9.17, 15) is 17.2 Å². The van der Waals surface area contributed by atoms with Crippen molar-refractivity contribution in [3.05, 3.63) is 76.6 Å². The third-order valence-corrected chi connectivity index (χ3v) is 9.82. The van der Waals surface area contributed by atoms with Crippen molar-refractivity contribution >= 4 is 57.5 Å². The van der Waals surface area contributed by atoms with Gasteiger partial charge in [-0.2, -0.15) is 5.10 Å². The molecule has 9 nitrogen and oxygen atoms in total. The monoisotopic (exact) mass is 660 g/mol. The van der Waals surface area contributed by atoms with E-state index in [0.29, 0.717) is 57.3 Å². The molecule has 5 rings (SSSR count). The van der Waals surface area contributed by atoms with Crippen LogP contribution < -0.4 is 10.5 Å². The zero-order valence-electron chi connectivity index (χ0n) is 25.2. The minimum atomic E-state index is -3.65. The van der Waals surface area contributed by atoms with E-state index >= 15 is 0 Å². The van der Waals surface area contributed by atoms with E-state index in [2.05, 4.69) is 29.5 Å². The number of sulfonamides is 1. The molecular formula is C30H35ClF2N6O3SSi. The smallest absolute Gasteiger partial charge is 0.231 e. The maximum atomic E-state index is 14.1. The quantitative estimate of drug-likeness (QED) is 0.124. The van der Waals surface area contributed by atoms with Crippen molar-refractivity contribution in [2.24, 2.45) is 12.8 Å². The minimum absolute atomic E-state index is 0.0913. The fraction of sp³-hybridized carbons (Fsp3) is 0.333. The van der Waals surface area contributed by atoms with Crippen molar-refractivity contribution < 1.29 is 21.9 Å². The third kappa shape index (κ3) is 7.13. The van der Waals surface area contributed by atoms with E-state index in [1.807, 2.05) is 22.9 Å². The van der Waals surface area contributed by atoms with Crippen LogP contribution in [0.4, 0.5) is 14.6 Å². The highest BCUT2D eigenvalue weighted by Crippen LogP contribution is 2.40. The largest absolute Gasteiger partial charge is 0.361 e. The molecule has 2 aromatic carbocycles. The fourth-order valence-corrected chi connectivity index (χ4v) is 6.68. The van der Waals surface area contributed by atoms with Crippen LogP contribution in [0.3, 0.4) is 0 Å². The summed E-state index contributed by atoms with van der Waals surface area (Å²) < 4.78 is 64.2. The standard InChI is InChI=1S/C30H35ClF2N6O3SSi/c1-38-28-22(6-7-24(31)26(28)29(36-38)37-43(2,40)41)23-15-19-8-9-39(17-42-10-11-44(3,4)5)30(19)35-27(23)25(34)14-18-12-20(32)16-21(33)13-18/h6-9,12-13,15-16,25H,10-11,14,17,34H2,1-5H3,(H,36,37). The zero-order valence-corrected chi connectivity index (χ0v) is 27.7. The number of aryl methyl sites for hydroxylation is 1. The van der Waals surface area contributed by atoms with Gasteiger partial charge in [-0.1, -0.05) is 37.3 Å². The van der Waals surface area contributed by atoms with E-state index < -0.39 is 35.8 Å². The molecule has 1 atom stereocenters. The van der Waals surface area contributed by atoms with Crippen LogP contribution >= 0.6 is 11.6 Å². The number of ether oxygens (including phenoxy) is 1. The number of nitrogens with two attached hydrogens (primary N) is 1. The van der Waals surface area contributed by atoms with Gasteiger partial charge in [0, 0.05) is 50.5 Å². The van der Waals surface area contributed by atoms with Crippen LogP contribution in [0.5, 0.6) is 0 Å². The summed E-state index contributed by atoms with van der Waals surface area (Å²) in [6.07, 6.45) is 3.04. The molecule has 0 radical (unpaired) electrons. The number of nitrogens with zero attached hydrogens (tertiary/aromatic N) is 4. The Morgan fingerprint density at radius 3 is 2.45 bits per heavy atom. The highest BCUT2D eigenvalue weighted by atomic mass is 35.5. The first-order valence-corrected chi connectivity index (χ1v) is 20.0. The van der Waals surface area contributed by atoms with Gasteiger partial charge >= 0.3 is 0 Å². The molecule has 0 aliphatic carbocycles. The van der Waals surface area contributed by atoms with E-state index in [4.69, 9.17) is 27.1 Å². The van der Waals surface area contributed by atoms with Crippen LogP contribution in [-0.2, 0) is 35.0 Å². The van der Waals surface area contributed by atoms with E-state index in [0.717, 1.165) is 23.8 Å².